The Kier molecular flexibility index (Phi) is 7.92. The molecule has 1 atom stereocenters. The number of hydrogen-bond donors (Lipinski definition) is 0. The average molecular weight is 732 g/mol. The third kappa shape index (κ3) is 5.82. The predicted octanol–water partition coefficient (Wildman–Crippen LogP) is 13.7. The number of hydrogen-bond acceptors (Lipinski definition) is 3. The van der Waals surface area contributed by atoms with Crippen LogP contribution in [0.2, 0.25) is 0 Å². The quantitative estimate of drug-likeness (QED) is 0.164. The van der Waals surface area contributed by atoms with Gasteiger partial charge in [-0.2, -0.15) is 0 Å². The van der Waals surface area contributed by atoms with Crippen molar-refractivity contribution in [3.05, 3.63) is 211 Å². The first-order valence-electron chi connectivity index (χ1n) is 19.5. The second kappa shape index (κ2) is 13.7. The molecular weight excluding hydrogens is 695 g/mol. The van der Waals surface area contributed by atoms with Gasteiger partial charge in [0.05, 0.1) is 11.6 Å². The summed E-state index contributed by atoms with van der Waals surface area (Å²) in [6.45, 7) is 0. The van der Waals surface area contributed by atoms with Gasteiger partial charge in [0, 0.05) is 39.1 Å². The lowest BCUT2D eigenvalue weighted by molar-refractivity contribution is 0.620. The Labute approximate surface area is 331 Å². The van der Waals surface area contributed by atoms with Crippen molar-refractivity contribution in [2.45, 2.75) is 12.5 Å². The highest BCUT2D eigenvalue weighted by Crippen LogP contribution is 2.40. The van der Waals surface area contributed by atoms with Crippen LogP contribution in [-0.2, 0) is 6.42 Å². The normalized spacial score (nSPS) is 13.6. The third-order valence-electron chi connectivity index (χ3n) is 11.4. The zero-order chi connectivity index (χ0) is 37.7. The number of fused-ring (bicyclic) bond motifs is 6. The molecule has 0 N–H and O–H groups in total. The zero-order valence-corrected chi connectivity index (χ0v) is 31.2. The number of aromatic nitrogens is 2. The van der Waals surface area contributed by atoms with Gasteiger partial charge in [-0.25, -0.2) is 4.98 Å². The lowest BCUT2D eigenvalue weighted by atomic mass is 9.94. The van der Waals surface area contributed by atoms with Crippen LogP contribution < -0.4 is 4.90 Å². The van der Waals surface area contributed by atoms with Crippen molar-refractivity contribution in [2.75, 3.05) is 4.90 Å². The SMILES string of the molecule is C1=CC(N(c2ccc(-c3ccc4c(ccc5oc(-c6ccccc6)nc54)c3)cc2)c2cccc(-c3ccccc3)c2)Cc2c1n(-c1ccccc1)c1ccccc21. The Morgan fingerprint density at radius 3 is 2.00 bits per heavy atom. The molecule has 1 unspecified atom stereocenters. The van der Waals surface area contributed by atoms with E-state index in [2.05, 4.69) is 179 Å². The Morgan fingerprint density at radius 2 is 1.19 bits per heavy atom. The average Bonchev–Trinajstić information content (AvgIpc) is 3.88. The number of oxazole rings is 1. The van der Waals surface area contributed by atoms with Gasteiger partial charge in [-0.3, -0.25) is 0 Å². The fourth-order valence-electron chi connectivity index (χ4n) is 8.64. The molecule has 2 aromatic heterocycles. The van der Waals surface area contributed by atoms with E-state index in [1.54, 1.807) is 0 Å². The Balaban J connectivity index is 0.980. The van der Waals surface area contributed by atoms with Crippen LogP contribution in [0, 0.1) is 0 Å². The molecule has 0 saturated carbocycles. The zero-order valence-electron chi connectivity index (χ0n) is 31.2. The van der Waals surface area contributed by atoms with E-state index < -0.39 is 0 Å². The molecule has 0 radical (unpaired) electrons. The van der Waals surface area contributed by atoms with Gasteiger partial charge < -0.3 is 13.9 Å². The van der Waals surface area contributed by atoms with Gasteiger partial charge >= 0.3 is 0 Å². The molecule has 1 aliphatic rings. The van der Waals surface area contributed by atoms with E-state index in [0.717, 1.165) is 56.4 Å². The summed E-state index contributed by atoms with van der Waals surface area (Å²) in [4.78, 5) is 7.42. The van der Waals surface area contributed by atoms with Crippen LogP contribution in [0.15, 0.2) is 205 Å². The van der Waals surface area contributed by atoms with Crippen molar-refractivity contribution in [3.8, 4) is 39.4 Å². The molecule has 2 heterocycles. The summed E-state index contributed by atoms with van der Waals surface area (Å²) in [7, 11) is 0. The number of nitrogens with zero attached hydrogens (tertiary/aromatic N) is 3. The van der Waals surface area contributed by atoms with Gasteiger partial charge in [-0.1, -0.05) is 133 Å². The number of anilines is 2. The highest BCUT2D eigenvalue weighted by molar-refractivity contribution is 6.05. The van der Waals surface area contributed by atoms with Crippen molar-refractivity contribution in [2.24, 2.45) is 0 Å². The van der Waals surface area contributed by atoms with Crippen molar-refractivity contribution < 1.29 is 4.42 Å². The molecular formula is C53H37N3O. The van der Waals surface area contributed by atoms with E-state index >= 15 is 0 Å². The van der Waals surface area contributed by atoms with E-state index in [-0.39, 0.29) is 6.04 Å². The fourth-order valence-corrected chi connectivity index (χ4v) is 8.64. The molecule has 0 fully saturated rings. The molecule has 8 aromatic carbocycles. The van der Waals surface area contributed by atoms with Crippen molar-refractivity contribution in [1.82, 2.24) is 9.55 Å². The summed E-state index contributed by atoms with van der Waals surface area (Å²) in [6.07, 6.45) is 5.60. The maximum absolute atomic E-state index is 6.17. The van der Waals surface area contributed by atoms with Gasteiger partial charge in [0.2, 0.25) is 5.89 Å². The monoisotopic (exact) mass is 731 g/mol. The molecule has 57 heavy (non-hydrogen) atoms. The molecule has 11 rings (SSSR count). The smallest absolute Gasteiger partial charge is 0.227 e. The van der Waals surface area contributed by atoms with Gasteiger partial charge in [0.15, 0.2) is 5.58 Å². The second-order valence-electron chi connectivity index (χ2n) is 14.7. The molecule has 4 nitrogen and oxygen atoms in total. The van der Waals surface area contributed by atoms with Gasteiger partial charge in [0.1, 0.15) is 5.52 Å². The van der Waals surface area contributed by atoms with Crippen LogP contribution in [0.3, 0.4) is 0 Å². The van der Waals surface area contributed by atoms with Crippen LogP contribution in [0.25, 0.3) is 78.2 Å². The first-order chi connectivity index (χ1) is 28.2. The molecule has 0 bridgehead atoms. The molecule has 0 aliphatic heterocycles. The van der Waals surface area contributed by atoms with Crippen LogP contribution in [-0.4, -0.2) is 15.6 Å². The third-order valence-corrected chi connectivity index (χ3v) is 11.4. The summed E-state index contributed by atoms with van der Waals surface area (Å²) < 4.78 is 8.58. The predicted molar refractivity (Wildman–Crippen MR) is 236 cm³/mol. The molecule has 4 heteroatoms. The van der Waals surface area contributed by atoms with Gasteiger partial charge in [-0.05, 0) is 112 Å². The standard InChI is InChI=1S/C53H37N3O/c1-4-13-36(14-5-1)39-17-12-20-44(34-39)55(45-29-31-50-48(35-45)47-21-10-11-22-49(47)56(50)42-18-8-3-9-19-42)43-27-23-37(24-28-43)40-25-30-46-41(33-40)26-32-51-52(46)54-53(57-51)38-15-6-2-7-16-38/h1-34,45H,35H2. The fraction of sp³-hybridized carbons (Fsp3) is 0.0377. The van der Waals surface area contributed by atoms with Gasteiger partial charge in [0.25, 0.3) is 0 Å². The molecule has 1 aliphatic carbocycles. The largest absolute Gasteiger partial charge is 0.436 e. The lowest BCUT2D eigenvalue weighted by Crippen LogP contribution is -2.33. The Morgan fingerprint density at radius 1 is 0.526 bits per heavy atom. The van der Waals surface area contributed by atoms with Crippen LogP contribution in [0.1, 0.15) is 11.3 Å². The molecule has 0 saturated heterocycles. The first-order valence-corrected chi connectivity index (χ1v) is 19.5. The maximum atomic E-state index is 6.17. The number of benzene rings is 8. The number of para-hydroxylation sites is 2. The highest BCUT2D eigenvalue weighted by atomic mass is 16.3. The summed E-state index contributed by atoms with van der Waals surface area (Å²) in [5, 5.41) is 3.52. The molecule has 270 valence electrons. The first kappa shape index (κ1) is 33.0. The maximum Gasteiger partial charge on any atom is 0.227 e. The minimum Gasteiger partial charge on any atom is -0.436 e. The highest BCUT2D eigenvalue weighted by Gasteiger charge is 2.28. The number of rotatable bonds is 7. The molecule has 10 aromatic rings. The topological polar surface area (TPSA) is 34.2 Å². The van der Waals surface area contributed by atoms with E-state index in [0.29, 0.717) is 5.89 Å². The van der Waals surface area contributed by atoms with E-state index in [1.807, 2.05) is 36.4 Å². The van der Waals surface area contributed by atoms with Crippen LogP contribution >= 0.6 is 0 Å². The van der Waals surface area contributed by atoms with E-state index in [1.165, 1.54) is 39.0 Å². The van der Waals surface area contributed by atoms with E-state index in [4.69, 9.17) is 9.40 Å². The van der Waals surface area contributed by atoms with Crippen LogP contribution in [0.4, 0.5) is 11.4 Å². The second-order valence-corrected chi connectivity index (χ2v) is 14.7. The van der Waals surface area contributed by atoms with Crippen molar-refractivity contribution >= 4 is 50.2 Å². The summed E-state index contributed by atoms with van der Waals surface area (Å²) in [6, 6.07) is 69.2. The summed E-state index contributed by atoms with van der Waals surface area (Å²) in [5.41, 5.74) is 14.7. The lowest BCUT2D eigenvalue weighted by Gasteiger charge is -2.34. The molecule has 0 amide bonds. The minimum atomic E-state index is 0.0933. The molecule has 0 spiro atoms. The summed E-state index contributed by atoms with van der Waals surface area (Å²) in [5.74, 6) is 0.641. The van der Waals surface area contributed by atoms with Gasteiger partial charge in [-0.15, -0.1) is 0 Å². The van der Waals surface area contributed by atoms with Crippen LogP contribution in [0.5, 0.6) is 0 Å². The summed E-state index contributed by atoms with van der Waals surface area (Å²) >= 11 is 0. The van der Waals surface area contributed by atoms with Crippen molar-refractivity contribution in [3.63, 3.8) is 0 Å². The Bertz CT molecular complexity index is 3090. The van der Waals surface area contributed by atoms with Crippen molar-refractivity contribution in [1.29, 1.82) is 0 Å². The van der Waals surface area contributed by atoms with E-state index in [9.17, 15) is 0 Å². The Hall–Kier alpha value is -7.43. The minimum absolute atomic E-state index is 0.0933.